The summed E-state index contributed by atoms with van der Waals surface area (Å²) in [5.74, 6) is -0.438. The monoisotopic (exact) mass is 651 g/mol. The van der Waals surface area contributed by atoms with Gasteiger partial charge < -0.3 is 34.0 Å². The Morgan fingerprint density at radius 1 is 1.13 bits per heavy atom. The zero-order chi connectivity index (χ0) is 34.0. The second-order valence-electron chi connectivity index (χ2n) is 13.2. The molecule has 2 aromatic heterocycles. The van der Waals surface area contributed by atoms with E-state index in [1.165, 1.54) is 6.42 Å². The molecule has 2 N–H and O–H groups in total. The van der Waals surface area contributed by atoms with Crippen molar-refractivity contribution in [2.24, 2.45) is 5.92 Å². The van der Waals surface area contributed by atoms with Gasteiger partial charge in [-0.05, 0) is 77.1 Å². The van der Waals surface area contributed by atoms with Crippen molar-refractivity contribution < 1.29 is 38.1 Å². The van der Waals surface area contributed by atoms with Crippen LogP contribution in [0.3, 0.4) is 0 Å². The highest BCUT2D eigenvalue weighted by molar-refractivity contribution is 6.02. The maximum Gasteiger partial charge on any atom is 0.410 e. The zero-order valence-electron chi connectivity index (χ0n) is 28.3. The molecule has 3 aromatic rings. The van der Waals surface area contributed by atoms with E-state index in [0.29, 0.717) is 54.1 Å². The number of ether oxygens (including phenoxy) is 3. The number of carbonyl (C=O) groups is 3. The normalized spacial score (nSPS) is 15.1. The lowest BCUT2D eigenvalue weighted by atomic mass is 9.84. The molecular formula is C36H49N3O8. The van der Waals surface area contributed by atoms with Crippen LogP contribution in [-0.4, -0.2) is 70.5 Å². The average Bonchev–Trinajstić information content (AvgIpc) is 3.38. The smallest absolute Gasteiger partial charge is 0.410 e. The second-order valence-corrected chi connectivity index (χ2v) is 13.2. The molecule has 4 rings (SSSR count). The van der Waals surface area contributed by atoms with Gasteiger partial charge in [-0.1, -0.05) is 44.2 Å². The van der Waals surface area contributed by atoms with Crippen LogP contribution in [0.1, 0.15) is 94.3 Å². The molecule has 0 bridgehead atoms. The lowest BCUT2D eigenvalue weighted by molar-refractivity contribution is -0.148. The first-order valence-electron chi connectivity index (χ1n) is 16.6. The average molecular weight is 652 g/mol. The molecule has 0 spiro atoms. The quantitative estimate of drug-likeness (QED) is 0.151. The van der Waals surface area contributed by atoms with E-state index in [9.17, 15) is 19.5 Å². The number of rotatable bonds is 14. The van der Waals surface area contributed by atoms with Gasteiger partial charge in [-0.3, -0.25) is 9.78 Å². The molecule has 2 amide bonds. The van der Waals surface area contributed by atoms with E-state index >= 15 is 0 Å². The fraction of sp³-hybridized carbons (Fsp3) is 0.556. The number of amides is 2. The second kappa shape index (κ2) is 16.6. The minimum Gasteiger partial charge on any atom is -0.493 e. The van der Waals surface area contributed by atoms with Crippen LogP contribution in [0, 0.1) is 12.8 Å². The summed E-state index contributed by atoms with van der Waals surface area (Å²) in [6, 6.07) is 7.82. The summed E-state index contributed by atoms with van der Waals surface area (Å²) >= 11 is 0. The van der Waals surface area contributed by atoms with Crippen LogP contribution in [0.15, 0.2) is 47.1 Å². The Balaban J connectivity index is 1.43. The van der Waals surface area contributed by atoms with Crippen LogP contribution >= 0.6 is 0 Å². The van der Waals surface area contributed by atoms with Gasteiger partial charge in [-0.15, -0.1) is 0 Å². The van der Waals surface area contributed by atoms with Gasteiger partial charge in [0.05, 0.1) is 31.2 Å². The van der Waals surface area contributed by atoms with Crippen molar-refractivity contribution in [3.8, 4) is 5.75 Å². The predicted octanol–water partition coefficient (Wildman–Crippen LogP) is 6.34. The zero-order valence-corrected chi connectivity index (χ0v) is 28.3. The van der Waals surface area contributed by atoms with Gasteiger partial charge >= 0.3 is 12.1 Å². The molecule has 2 heterocycles. The molecule has 2 unspecified atom stereocenters. The number of aliphatic hydroxyl groups is 1. The van der Waals surface area contributed by atoms with Crippen LogP contribution < -0.4 is 10.1 Å². The maximum absolute atomic E-state index is 13.5. The molecule has 47 heavy (non-hydrogen) atoms. The van der Waals surface area contributed by atoms with Crippen molar-refractivity contribution in [3.63, 3.8) is 0 Å². The number of aliphatic hydroxyl groups excluding tert-OH is 1. The summed E-state index contributed by atoms with van der Waals surface area (Å²) in [6.45, 7) is 10.1. The number of fused-ring (bicyclic) bond motifs is 1. The summed E-state index contributed by atoms with van der Waals surface area (Å²) in [6.07, 6.45) is 8.20. The van der Waals surface area contributed by atoms with E-state index in [2.05, 4.69) is 10.3 Å². The van der Waals surface area contributed by atoms with Crippen molar-refractivity contribution in [1.29, 1.82) is 0 Å². The molecule has 11 nitrogen and oxygen atoms in total. The molecule has 1 aromatic carbocycles. The van der Waals surface area contributed by atoms with E-state index in [1.807, 2.05) is 32.9 Å². The van der Waals surface area contributed by atoms with Crippen LogP contribution in [0.25, 0.3) is 11.0 Å². The largest absolute Gasteiger partial charge is 0.493 e. The summed E-state index contributed by atoms with van der Waals surface area (Å²) in [7, 11) is 0. The Morgan fingerprint density at radius 2 is 1.89 bits per heavy atom. The molecule has 1 fully saturated rings. The Bertz CT molecular complexity index is 1480. The number of aromatic nitrogens is 1. The highest BCUT2D eigenvalue weighted by Crippen LogP contribution is 2.34. The highest BCUT2D eigenvalue weighted by Gasteiger charge is 2.34. The minimum absolute atomic E-state index is 0.0304. The number of furan rings is 1. The maximum atomic E-state index is 13.5. The van der Waals surface area contributed by atoms with Crippen molar-refractivity contribution in [1.82, 2.24) is 15.2 Å². The molecule has 0 aliphatic heterocycles. The molecule has 0 saturated heterocycles. The molecular weight excluding hydrogens is 602 g/mol. The van der Waals surface area contributed by atoms with Gasteiger partial charge in [0.1, 0.15) is 16.9 Å². The summed E-state index contributed by atoms with van der Waals surface area (Å²) in [4.78, 5) is 45.1. The van der Waals surface area contributed by atoms with E-state index in [-0.39, 0.29) is 19.0 Å². The predicted molar refractivity (Wildman–Crippen MR) is 177 cm³/mol. The number of nitrogens with one attached hydrogen (secondary N) is 1. The molecule has 1 aliphatic rings. The van der Waals surface area contributed by atoms with Crippen LogP contribution in [0.2, 0.25) is 0 Å². The Kier molecular flexibility index (Phi) is 12.6. The fourth-order valence-electron chi connectivity index (χ4n) is 5.97. The van der Waals surface area contributed by atoms with E-state index in [4.69, 9.17) is 18.6 Å². The summed E-state index contributed by atoms with van der Waals surface area (Å²) in [5, 5.41) is 14.4. The van der Waals surface area contributed by atoms with E-state index in [0.717, 1.165) is 31.2 Å². The fourth-order valence-corrected chi connectivity index (χ4v) is 5.97. The molecule has 0 radical (unpaired) electrons. The van der Waals surface area contributed by atoms with Crippen molar-refractivity contribution in [3.05, 3.63) is 59.6 Å². The number of nitrogens with zero attached hydrogens (tertiary/aromatic N) is 2. The molecule has 1 aliphatic carbocycles. The van der Waals surface area contributed by atoms with E-state index in [1.54, 1.807) is 49.3 Å². The third-order valence-corrected chi connectivity index (χ3v) is 8.21. The molecule has 1 saturated carbocycles. The molecule has 256 valence electrons. The van der Waals surface area contributed by atoms with Gasteiger partial charge in [-0.2, -0.15) is 0 Å². The SMILES string of the molecule is CCOC(=O)C(NC(=O)c1oc2cccc(OCCCN(Cc3cccnc3)C(=O)OC(C)(C)C)c2c1C)C(O)CC1CCCCC1. The van der Waals surface area contributed by atoms with Crippen LogP contribution in [-0.2, 0) is 20.8 Å². The van der Waals surface area contributed by atoms with Gasteiger partial charge in [0.2, 0.25) is 0 Å². The van der Waals surface area contributed by atoms with Gasteiger partial charge in [-0.25, -0.2) is 9.59 Å². The van der Waals surface area contributed by atoms with Crippen molar-refractivity contribution in [2.75, 3.05) is 19.8 Å². The number of aryl methyl sites for hydroxylation is 1. The van der Waals surface area contributed by atoms with Crippen LogP contribution in [0.4, 0.5) is 4.79 Å². The first kappa shape index (κ1) is 35.7. The first-order chi connectivity index (χ1) is 22.5. The van der Waals surface area contributed by atoms with Crippen LogP contribution in [0.5, 0.6) is 5.75 Å². The topological polar surface area (TPSA) is 140 Å². The number of benzene rings is 1. The van der Waals surface area contributed by atoms with Gasteiger partial charge in [0.15, 0.2) is 11.8 Å². The molecule has 11 heteroatoms. The third kappa shape index (κ3) is 10.2. The van der Waals surface area contributed by atoms with Gasteiger partial charge in [0.25, 0.3) is 5.91 Å². The number of hydrogen-bond donors (Lipinski definition) is 2. The van der Waals surface area contributed by atoms with E-state index < -0.39 is 35.7 Å². The third-order valence-electron chi connectivity index (χ3n) is 8.21. The highest BCUT2D eigenvalue weighted by atomic mass is 16.6. The lowest BCUT2D eigenvalue weighted by Crippen LogP contribution is -2.50. The Hall–Kier alpha value is -4.12. The number of esters is 1. The number of carbonyl (C=O) groups excluding carboxylic acids is 3. The summed E-state index contributed by atoms with van der Waals surface area (Å²) in [5.41, 5.74) is 1.25. The summed E-state index contributed by atoms with van der Waals surface area (Å²) < 4.78 is 22.9. The lowest BCUT2D eigenvalue weighted by Gasteiger charge is -2.28. The first-order valence-corrected chi connectivity index (χ1v) is 16.6. The number of hydrogen-bond acceptors (Lipinski definition) is 9. The van der Waals surface area contributed by atoms with Crippen molar-refractivity contribution in [2.45, 2.75) is 104 Å². The number of pyridine rings is 1. The Labute approximate surface area is 277 Å². The van der Waals surface area contributed by atoms with Gasteiger partial charge in [0, 0.05) is 24.5 Å². The van der Waals surface area contributed by atoms with Crippen molar-refractivity contribution >= 4 is 28.9 Å². The molecule has 2 atom stereocenters. The standard InChI is InChI=1S/C36H49N3O8/c1-6-44-34(42)31(27(40)21-25-13-8-7-9-14-25)38-33(41)32-24(2)30-28(16-10-17-29(30)46-32)45-20-12-19-39(35(43)47-36(3,4)5)23-26-15-11-18-37-22-26/h10-11,15-18,22,25,27,31,40H,6-9,12-14,19-21,23H2,1-5H3,(H,38,41). The Morgan fingerprint density at radius 3 is 2.57 bits per heavy atom. The minimum atomic E-state index is -1.22.